The number of hydrogen-bond donors (Lipinski definition) is 1. The Morgan fingerprint density at radius 2 is 1.21 bits per heavy atom. The van der Waals surface area contributed by atoms with E-state index in [0.717, 1.165) is 6.42 Å². The molecule has 0 aromatic carbocycles. The van der Waals surface area contributed by atoms with Crippen LogP contribution in [0.5, 0.6) is 0 Å². The number of piperidine rings is 1. The van der Waals surface area contributed by atoms with E-state index in [1.807, 2.05) is 0 Å². The SMILES string of the molecule is C[N+]1(CCCCCCCCCCO)CCCCC1.[Cl-]. The van der Waals surface area contributed by atoms with Crippen molar-refractivity contribution < 1.29 is 22.0 Å². The van der Waals surface area contributed by atoms with Gasteiger partial charge in [-0.05, 0) is 38.5 Å². The van der Waals surface area contributed by atoms with Crippen LogP contribution in [0.4, 0.5) is 0 Å². The number of quaternary nitrogens is 1. The third-order valence-electron chi connectivity index (χ3n) is 4.50. The molecule has 1 rings (SSSR count). The van der Waals surface area contributed by atoms with Crippen molar-refractivity contribution >= 4 is 0 Å². The van der Waals surface area contributed by atoms with Gasteiger partial charge in [-0.1, -0.05) is 32.1 Å². The Labute approximate surface area is 126 Å². The van der Waals surface area contributed by atoms with E-state index in [0.29, 0.717) is 6.61 Å². The largest absolute Gasteiger partial charge is 1.00 e. The van der Waals surface area contributed by atoms with Crippen LogP contribution in [0.15, 0.2) is 0 Å². The molecule has 0 aliphatic carbocycles. The monoisotopic (exact) mass is 291 g/mol. The van der Waals surface area contributed by atoms with Crippen LogP contribution in [0, 0.1) is 0 Å². The predicted octanol–water partition coefficient (Wildman–Crippen LogP) is 0.734. The molecule has 0 aromatic rings. The molecule has 1 aliphatic heterocycles. The smallest absolute Gasteiger partial charge is 0.0784 e. The van der Waals surface area contributed by atoms with E-state index in [1.54, 1.807) is 0 Å². The summed E-state index contributed by atoms with van der Waals surface area (Å²) in [5, 5.41) is 8.69. The highest BCUT2D eigenvalue weighted by Crippen LogP contribution is 2.18. The fraction of sp³-hybridized carbons (Fsp3) is 1.00. The third kappa shape index (κ3) is 9.70. The number of aliphatic hydroxyl groups is 1. The van der Waals surface area contributed by atoms with Crippen LogP contribution < -0.4 is 12.4 Å². The lowest BCUT2D eigenvalue weighted by Crippen LogP contribution is -3.00. The summed E-state index contributed by atoms with van der Waals surface area (Å²) in [5.74, 6) is 0. The lowest BCUT2D eigenvalue weighted by Gasteiger charge is -2.37. The summed E-state index contributed by atoms with van der Waals surface area (Å²) in [7, 11) is 2.45. The van der Waals surface area contributed by atoms with Gasteiger partial charge in [0.2, 0.25) is 0 Å². The van der Waals surface area contributed by atoms with Crippen molar-refractivity contribution in [2.45, 2.75) is 70.6 Å². The first-order valence-electron chi connectivity index (χ1n) is 8.21. The Bertz CT molecular complexity index is 193. The Kier molecular flexibility index (Phi) is 12.1. The van der Waals surface area contributed by atoms with Crippen molar-refractivity contribution in [1.82, 2.24) is 0 Å². The third-order valence-corrected chi connectivity index (χ3v) is 4.50. The van der Waals surface area contributed by atoms with Gasteiger partial charge in [-0.15, -0.1) is 0 Å². The molecule has 19 heavy (non-hydrogen) atoms. The molecule has 0 saturated carbocycles. The van der Waals surface area contributed by atoms with Gasteiger partial charge < -0.3 is 22.0 Å². The van der Waals surface area contributed by atoms with Crippen molar-refractivity contribution in [3.05, 3.63) is 0 Å². The Morgan fingerprint density at radius 3 is 1.74 bits per heavy atom. The van der Waals surface area contributed by atoms with E-state index in [4.69, 9.17) is 5.11 Å². The van der Waals surface area contributed by atoms with Crippen LogP contribution in [0.1, 0.15) is 70.6 Å². The molecule has 116 valence electrons. The van der Waals surface area contributed by atoms with Crippen molar-refractivity contribution in [2.75, 3.05) is 33.3 Å². The molecule has 0 atom stereocenters. The average molecular weight is 292 g/mol. The summed E-state index contributed by atoms with van der Waals surface area (Å²) in [6.45, 7) is 4.61. The maximum absolute atomic E-state index is 8.69. The maximum atomic E-state index is 8.69. The van der Waals surface area contributed by atoms with E-state index in [-0.39, 0.29) is 12.4 Å². The number of hydrogen-bond acceptors (Lipinski definition) is 1. The van der Waals surface area contributed by atoms with Crippen molar-refractivity contribution in [3.8, 4) is 0 Å². The van der Waals surface area contributed by atoms with Crippen LogP contribution >= 0.6 is 0 Å². The summed E-state index contributed by atoms with van der Waals surface area (Å²) in [6, 6.07) is 0. The summed E-state index contributed by atoms with van der Waals surface area (Å²) in [5.41, 5.74) is 0. The average Bonchev–Trinajstić information content (AvgIpc) is 2.38. The van der Waals surface area contributed by atoms with Crippen molar-refractivity contribution in [3.63, 3.8) is 0 Å². The van der Waals surface area contributed by atoms with Gasteiger partial charge in [-0.3, -0.25) is 0 Å². The molecule has 1 heterocycles. The molecular formula is C16H34ClNO. The molecule has 1 N–H and O–H groups in total. The minimum Gasteiger partial charge on any atom is -1.00 e. The number of nitrogens with zero attached hydrogens (tertiary/aromatic N) is 1. The minimum atomic E-state index is 0. The highest BCUT2D eigenvalue weighted by Gasteiger charge is 2.23. The maximum Gasteiger partial charge on any atom is 0.0784 e. The van der Waals surface area contributed by atoms with Gasteiger partial charge in [0.05, 0.1) is 26.7 Å². The Balaban J connectivity index is 0.00000324. The zero-order valence-corrected chi connectivity index (χ0v) is 13.6. The van der Waals surface area contributed by atoms with Crippen LogP contribution in [0.25, 0.3) is 0 Å². The van der Waals surface area contributed by atoms with Gasteiger partial charge in [-0.2, -0.15) is 0 Å². The summed E-state index contributed by atoms with van der Waals surface area (Å²) < 4.78 is 1.34. The molecule has 0 aromatic heterocycles. The highest BCUT2D eigenvalue weighted by atomic mass is 35.5. The number of aliphatic hydroxyl groups excluding tert-OH is 1. The number of likely N-dealkylation sites (tertiary alicyclic amines) is 1. The first-order valence-corrected chi connectivity index (χ1v) is 8.21. The summed E-state index contributed by atoms with van der Waals surface area (Å²) in [4.78, 5) is 0. The molecule has 0 radical (unpaired) electrons. The molecule has 1 fully saturated rings. The second-order valence-electron chi connectivity index (χ2n) is 6.40. The van der Waals surface area contributed by atoms with E-state index >= 15 is 0 Å². The fourth-order valence-electron chi connectivity index (χ4n) is 3.17. The van der Waals surface area contributed by atoms with Crippen molar-refractivity contribution in [2.24, 2.45) is 0 Å². The standard InChI is InChI=1S/C16H34NO.ClH/c1-17(14-10-8-11-15-17)13-9-6-4-2-3-5-7-12-16-18;/h18H,2-16H2,1H3;1H/q+1;/p-1. The molecule has 2 nitrogen and oxygen atoms in total. The Hall–Kier alpha value is 0.210. The van der Waals surface area contributed by atoms with Crippen LogP contribution in [-0.4, -0.2) is 42.9 Å². The van der Waals surface area contributed by atoms with E-state index < -0.39 is 0 Å². The lowest BCUT2D eigenvalue weighted by atomic mass is 10.1. The zero-order chi connectivity index (χ0) is 13.1. The minimum absolute atomic E-state index is 0. The molecular weight excluding hydrogens is 258 g/mol. The van der Waals surface area contributed by atoms with Gasteiger partial charge in [0.15, 0.2) is 0 Å². The molecule has 0 bridgehead atoms. The first kappa shape index (κ1) is 19.2. The summed E-state index contributed by atoms with van der Waals surface area (Å²) in [6.07, 6.45) is 14.9. The van der Waals surface area contributed by atoms with Crippen LogP contribution in [0.3, 0.4) is 0 Å². The molecule has 1 saturated heterocycles. The predicted molar refractivity (Wildman–Crippen MR) is 78.7 cm³/mol. The normalized spacial score (nSPS) is 18.0. The second kappa shape index (κ2) is 12.0. The first-order chi connectivity index (χ1) is 8.77. The summed E-state index contributed by atoms with van der Waals surface area (Å²) >= 11 is 0. The second-order valence-corrected chi connectivity index (χ2v) is 6.40. The molecule has 0 spiro atoms. The number of rotatable bonds is 10. The van der Waals surface area contributed by atoms with E-state index in [9.17, 15) is 0 Å². The van der Waals surface area contributed by atoms with Gasteiger partial charge in [0.1, 0.15) is 0 Å². The van der Waals surface area contributed by atoms with Gasteiger partial charge in [-0.25, -0.2) is 0 Å². The zero-order valence-electron chi connectivity index (χ0n) is 12.9. The highest BCUT2D eigenvalue weighted by molar-refractivity contribution is 4.53. The quantitative estimate of drug-likeness (QED) is 0.465. The molecule has 0 amide bonds. The fourth-order valence-corrected chi connectivity index (χ4v) is 3.17. The lowest BCUT2D eigenvalue weighted by molar-refractivity contribution is -0.914. The van der Waals surface area contributed by atoms with Gasteiger partial charge in [0, 0.05) is 6.61 Å². The van der Waals surface area contributed by atoms with Gasteiger partial charge >= 0.3 is 0 Å². The molecule has 1 aliphatic rings. The van der Waals surface area contributed by atoms with Gasteiger partial charge in [0.25, 0.3) is 0 Å². The van der Waals surface area contributed by atoms with Crippen molar-refractivity contribution in [1.29, 1.82) is 0 Å². The topological polar surface area (TPSA) is 20.2 Å². The number of halogens is 1. The van der Waals surface area contributed by atoms with E-state index in [1.165, 1.54) is 88.3 Å². The Morgan fingerprint density at radius 1 is 0.737 bits per heavy atom. The molecule has 0 unspecified atom stereocenters. The van der Waals surface area contributed by atoms with Crippen LogP contribution in [-0.2, 0) is 0 Å². The van der Waals surface area contributed by atoms with Crippen LogP contribution in [0.2, 0.25) is 0 Å². The van der Waals surface area contributed by atoms with E-state index in [2.05, 4.69) is 7.05 Å². The number of unbranched alkanes of at least 4 members (excludes halogenated alkanes) is 7. The molecule has 3 heteroatoms.